The van der Waals surface area contributed by atoms with Crippen LogP contribution in [0.3, 0.4) is 0 Å². The van der Waals surface area contributed by atoms with Gasteiger partial charge in [-0.25, -0.2) is 9.97 Å². The molecule has 1 N–H and O–H groups in total. The third-order valence-corrected chi connectivity index (χ3v) is 3.20. The summed E-state index contributed by atoms with van der Waals surface area (Å²) < 4.78 is 0.911. The summed E-state index contributed by atoms with van der Waals surface area (Å²) in [5.41, 5.74) is 0.919. The monoisotopic (exact) mass is 262 g/mol. The number of hydrogen-bond donors (Lipinski definition) is 1. The van der Waals surface area contributed by atoms with Crippen LogP contribution in [0.15, 0.2) is 15.8 Å². The van der Waals surface area contributed by atoms with Crippen molar-refractivity contribution in [1.29, 1.82) is 0 Å². The zero-order chi connectivity index (χ0) is 9.84. The van der Waals surface area contributed by atoms with E-state index < -0.39 is 0 Å². The van der Waals surface area contributed by atoms with Crippen LogP contribution in [0, 0.1) is 6.92 Å². The number of hydrogen-bond acceptors (Lipinski definition) is 4. The predicted octanol–water partition coefficient (Wildman–Crippen LogP) is 2.02. The maximum Gasteiger partial charge on any atom is 0.188 e. The van der Waals surface area contributed by atoms with Gasteiger partial charge in [-0.05, 0) is 22.9 Å². The Hall–Kier alpha value is -0.130. The Bertz CT molecular complexity index is 295. The zero-order valence-electron chi connectivity index (χ0n) is 7.49. The smallest absolute Gasteiger partial charge is 0.188 e. The molecule has 1 heterocycles. The standard InChI is InChI=1S/C8H11BrN2OS/c1-5(4-12)13-8-10-3-7(9)6(2)11-8/h3,5,12H,4H2,1-2H3. The molecule has 0 spiro atoms. The molecule has 0 amide bonds. The Labute approximate surface area is 90.1 Å². The van der Waals surface area contributed by atoms with Crippen LogP contribution < -0.4 is 0 Å². The molecule has 0 radical (unpaired) electrons. The summed E-state index contributed by atoms with van der Waals surface area (Å²) in [6.07, 6.45) is 1.73. The Kier molecular flexibility index (Phi) is 4.15. The molecule has 1 atom stereocenters. The molecule has 0 saturated heterocycles. The minimum Gasteiger partial charge on any atom is -0.395 e. The van der Waals surface area contributed by atoms with Gasteiger partial charge in [-0.3, -0.25) is 0 Å². The number of nitrogens with zero attached hydrogens (tertiary/aromatic N) is 2. The molecular weight excluding hydrogens is 252 g/mol. The van der Waals surface area contributed by atoms with Crippen LogP contribution in [0.2, 0.25) is 0 Å². The number of aryl methyl sites for hydroxylation is 1. The largest absolute Gasteiger partial charge is 0.395 e. The van der Waals surface area contributed by atoms with Gasteiger partial charge in [-0.2, -0.15) is 0 Å². The summed E-state index contributed by atoms with van der Waals surface area (Å²) in [5, 5.41) is 9.68. The van der Waals surface area contributed by atoms with Crippen molar-refractivity contribution in [2.45, 2.75) is 24.3 Å². The number of halogens is 1. The highest BCUT2D eigenvalue weighted by Gasteiger charge is 2.06. The molecular formula is C8H11BrN2OS. The quantitative estimate of drug-likeness (QED) is 0.669. The number of aliphatic hydroxyl groups is 1. The molecule has 0 fully saturated rings. The normalized spacial score (nSPS) is 12.9. The lowest BCUT2D eigenvalue weighted by atomic mass is 10.5. The molecule has 1 rings (SSSR count). The van der Waals surface area contributed by atoms with Crippen molar-refractivity contribution in [3.8, 4) is 0 Å². The minimum absolute atomic E-state index is 0.139. The summed E-state index contributed by atoms with van der Waals surface area (Å²) in [4.78, 5) is 8.38. The Morgan fingerprint density at radius 3 is 2.92 bits per heavy atom. The lowest BCUT2D eigenvalue weighted by molar-refractivity contribution is 0.300. The van der Waals surface area contributed by atoms with Gasteiger partial charge in [-0.15, -0.1) is 0 Å². The van der Waals surface area contributed by atoms with Gasteiger partial charge < -0.3 is 5.11 Å². The molecule has 0 bridgehead atoms. The molecule has 5 heteroatoms. The van der Waals surface area contributed by atoms with E-state index in [9.17, 15) is 0 Å². The molecule has 0 aliphatic rings. The molecule has 0 saturated carbocycles. The van der Waals surface area contributed by atoms with Gasteiger partial charge in [0.1, 0.15) is 0 Å². The molecule has 0 aliphatic heterocycles. The van der Waals surface area contributed by atoms with E-state index in [4.69, 9.17) is 5.11 Å². The molecule has 0 aromatic carbocycles. The highest BCUT2D eigenvalue weighted by atomic mass is 79.9. The summed E-state index contributed by atoms with van der Waals surface area (Å²) in [5.74, 6) is 0. The van der Waals surface area contributed by atoms with Crippen LogP contribution in [0.25, 0.3) is 0 Å². The molecule has 1 aromatic rings. The van der Waals surface area contributed by atoms with E-state index in [0.29, 0.717) is 5.16 Å². The first-order valence-electron chi connectivity index (χ1n) is 3.90. The van der Waals surface area contributed by atoms with Gasteiger partial charge in [0.15, 0.2) is 5.16 Å². The van der Waals surface area contributed by atoms with Crippen molar-refractivity contribution in [2.24, 2.45) is 0 Å². The van der Waals surface area contributed by atoms with Gasteiger partial charge in [0.05, 0.1) is 16.8 Å². The molecule has 3 nitrogen and oxygen atoms in total. The van der Waals surface area contributed by atoms with E-state index in [1.165, 1.54) is 11.8 Å². The van der Waals surface area contributed by atoms with E-state index in [0.717, 1.165) is 10.2 Å². The fourth-order valence-electron chi connectivity index (χ4n) is 0.705. The van der Waals surface area contributed by atoms with Crippen LogP contribution in [0.5, 0.6) is 0 Å². The number of aromatic nitrogens is 2. The summed E-state index contributed by atoms with van der Waals surface area (Å²) in [7, 11) is 0. The number of rotatable bonds is 3. The second kappa shape index (κ2) is 4.93. The van der Waals surface area contributed by atoms with Crippen LogP contribution in [-0.2, 0) is 0 Å². The highest BCUT2D eigenvalue weighted by Crippen LogP contribution is 2.21. The van der Waals surface area contributed by atoms with Crippen LogP contribution in [-0.4, -0.2) is 26.9 Å². The van der Waals surface area contributed by atoms with Gasteiger partial charge in [-0.1, -0.05) is 18.7 Å². The fraction of sp³-hybridized carbons (Fsp3) is 0.500. The molecule has 72 valence electrons. The topological polar surface area (TPSA) is 46.0 Å². The van der Waals surface area contributed by atoms with E-state index >= 15 is 0 Å². The van der Waals surface area contributed by atoms with Gasteiger partial charge in [0, 0.05) is 11.4 Å². The third-order valence-electron chi connectivity index (χ3n) is 1.46. The Morgan fingerprint density at radius 2 is 2.38 bits per heavy atom. The van der Waals surface area contributed by atoms with Crippen molar-refractivity contribution in [1.82, 2.24) is 9.97 Å². The van der Waals surface area contributed by atoms with Crippen LogP contribution >= 0.6 is 27.7 Å². The number of aliphatic hydroxyl groups excluding tert-OH is 1. The molecule has 1 aromatic heterocycles. The predicted molar refractivity (Wildman–Crippen MR) is 56.9 cm³/mol. The Morgan fingerprint density at radius 1 is 1.69 bits per heavy atom. The first-order valence-corrected chi connectivity index (χ1v) is 5.57. The van der Waals surface area contributed by atoms with Crippen molar-refractivity contribution < 1.29 is 5.11 Å². The fourth-order valence-corrected chi connectivity index (χ4v) is 1.63. The highest BCUT2D eigenvalue weighted by molar-refractivity contribution is 9.10. The molecule has 1 unspecified atom stereocenters. The summed E-state index contributed by atoms with van der Waals surface area (Å²) in [6, 6.07) is 0. The first-order chi connectivity index (χ1) is 6.13. The molecule has 0 aliphatic carbocycles. The van der Waals surface area contributed by atoms with Gasteiger partial charge in [0.25, 0.3) is 0 Å². The van der Waals surface area contributed by atoms with Crippen molar-refractivity contribution >= 4 is 27.7 Å². The summed E-state index contributed by atoms with van der Waals surface area (Å²) in [6.45, 7) is 3.99. The maximum absolute atomic E-state index is 8.83. The van der Waals surface area contributed by atoms with Gasteiger partial charge in [0.2, 0.25) is 0 Å². The van der Waals surface area contributed by atoms with Gasteiger partial charge >= 0.3 is 0 Å². The third kappa shape index (κ3) is 3.25. The minimum atomic E-state index is 0.139. The summed E-state index contributed by atoms with van der Waals surface area (Å²) >= 11 is 4.80. The van der Waals surface area contributed by atoms with Crippen molar-refractivity contribution in [3.63, 3.8) is 0 Å². The average molecular weight is 263 g/mol. The van der Waals surface area contributed by atoms with Crippen molar-refractivity contribution in [2.75, 3.05) is 6.61 Å². The molecule has 13 heavy (non-hydrogen) atoms. The SMILES string of the molecule is Cc1nc(SC(C)CO)ncc1Br. The lowest BCUT2D eigenvalue weighted by Crippen LogP contribution is -2.03. The number of thioether (sulfide) groups is 1. The maximum atomic E-state index is 8.83. The van der Waals surface area contributed by atoms with E-state index in [1.807, 2.05) is 13.8 Å². The van der Waals surface area contributed by atoms with Crippen LogP contribution in [0.1, 0.15) is 12.6 Å². The van der Waals surface area contributed by atoms with E-state index in [1.54, 1.807) is 6.20 Å². The van der Waals surface area contributed by atoms with E-state index in [2.05, 4.69) is 25.9 Å². The lowest BCUT2D eigenvalue weighted by Gasteiger charge is -2.06. The Balaban J connectivity index is 2.73. The van der Waals surface area contributed by atoms with E-state index in [-0.39, 0.29) is 11.9 Å². The van der Waals surface area contributed by atoms with Crippen molar-refractivity contribution in [3.05, 3.63) is 16.4 Å². The first kappa shape index (κ1) is 10.9. The average Bonchev–Trinajstić information content (AvgIpc) is 2.11. The van der Waals surface area contributed by atoms with Crippen LogP contribution in [0.4, 0.5) is 0 Å². The zero-order valence-corrected chi connectivity index (χ0v) is 9.89. The second-order valence-electron chi connectivity index (χ2n) is 2.70. The second-order valence-corrected chi connectivity index (χ2v) is 4.96.